The number of hydrogen-bond acceptors (Lipinski definition) is 1. The van der Waals surface area contributed by atoms with E-state index in [9.17, 15) is 13.6 Å². The lowest BCUT2D eigenvalue weighted by atomic mass is 9.55. The van der Waals surface area contributed by atoms with Gasteiger partial charge in [0.05, 0.1) is 10.8 Å². The second-order valence-corrected chi connectivity index (χ2v) is 8.57. The molecule has 1 nitrogen and oxygen atoms in total. The van der Waals surface area contributed by atoms with Gasteiger partial charge in [-0.3, -0.25) is 4.79 Å². The summed E-state index contributed by atoms with van der Waals surface area (Å²) in [5.74, 6) is -0.566. The summed E-state index contributed by atoms with van der Waals surface area (Å²) in [6.45, 7) is 0. The summed E-state index contributed by atoms with van der Waals surface area (Å²) in [5, 5.41) is 0. The van der Waals surface area contributed by atoms with Gasteiger partial charge in [-0.2, -0.15) is 0 Å². The summed E-state index contributed by atoms with van der Waals surface area (Å²) in [5.41, 5.74) is -0.658. The van der Waals surface area contributed by atoms with E-state index < -0.39 is 10.8 Å². The molecule has 0 atom stereocenters. The molecule has 0 radical (unpaired) electrons. The summed E-state index contributed by atoms with van der Waals surface area (Å²) >= 11 is 0. The van der Waals surface area contributed by atoms with Crippen LogP contribution in [0.3, 0.4) is 0 Å². The van der Waals surface area contributed by atoms with Crippen molar-refractivity contribution < 1.29 is 13.6 Å². The molecule has 148 valence electrons. The van der Waals surface area contributed by atoms with Gasteiger partial charge in [-0.25, -0.2) is 8.78 Å². The highest BCUT2D eigenvalue weighted by Gasteiger charge is 2.53. The molecule has 0 bridgehead atoms. The van der Waals surface area contributed by atoms with Gasteiger partial charge in [0, 0.05) is 11.1 Å². The number of benzene rings is 2. The van der Waals surface area contributed by atoms with Gasteiger partial charge in [-0.1, -0.05) is 74.9 Å². The Kier molecular flexibility index (Phi) is 5.35. The minimum absolute atomic E-state index is 0.0506. The molecule has 0 amide bonds. The van der Waals surface area contributed by atoms with Crippen molar-refractivity contribution >= 4 is 5.78 Å². The topological polar surface area (TPSA) is 17.1 Å². The highest BCUT2D eigenvalue weighted by Crippen LogP contribution is 2.51. The average molecular weight is 382 g/mol. The summed E-state index contributed by atoms with van der Waals surface area (Å²) in [6.07, 6.45) is 8.39. The molecule has 0 spiro atoms. The Morgan fingerprint density at radius 2 is 0.964 bits per heavy atom. The van der Waals surface area contributed by atoms with E-state index in [1.807, 2.05) is 12.1 Å². The zero-order valence-corrected chi connectivity index (χ0v) is 16.4. The zero-order valence-electron chi connectivity index (χ0n) is 16.4. The predicted octanol–water partition coefficient (Wildman–Crippen LogP) is 6.64. The molecule has 0 heterocycles. The lowest BCUT2D eigenvalue weighted by molar-refractivity contribution is -0.133. The maximum absolute atomic E-state index is 14.9. The molecule has 2 aromatic rings. The summed E-state index contributed by atoms with van der Waals surface area (Å²) in [7, 11) is 0. The van der Waals surface area contributed by atoms with E-state index >= 15 is 0 Å². The van der Waals surface area contributed by atoms with E-state index in [4.69, 9.17) is 0 Å². The van der Waals surface area contributed by atoms with Crippen molar-refractivity contribution in [1.29, 1.82) is 0 Å². The molecule has 4 rings (SSSR count). The normalized spacial score (nSPS) is 21.2. The van der Waals surface area contributed by atoms with Gasteiger partial charge in [0.15, 0.2) is 5.78 Å². The average Bonchev–Trinajstić information content (AvgIpc) is 2.75. The smallest absolute Gasteiger partial charge is 0.154 e. The van der Waals surface area contributed by atoms with Gasteiger partial charge in [-0.15, -0.1) is 0 Å². The SMILES string of the molecule is O=C(C1(c2ccccc2F)CCCCC1)C1(c2ccccc2F)CCCCC1. The van der Waals surface area contributed by atoms with Crippen LogP contribution in [0.1, 0.15) is 75.3 Å². The largest absolute Gasteiger partial charge is 0.298 e. The van der Waals surface area contributed by atoms with Crippen molar-refractivity contribution in [3.63, 3.8) is 0 Å². The first kappa shape index (κ1) is 19.3. The minimum atomic E-state index is -0.844. The van der Waals surface area contributed by atoms with Crippen molar-refractivity contribution in [1.82, 2.24) is 0 Å². The Bertz CT molecular complexity index is 776. The van der Waals surface area contributed by atoms with E-state index in [0.717, 1.165) is 38.5 Å². The van der Waals surface area contributed by atoms with Crippen molar-refractivity contribution in [2.75, 3.05) is 0 Å². The predicted molar refractivity (Wildman–Crippen MR) is 107 cm³/mol. The third-order valence-electron chi connectivity index (χ3n) is 7.06. The van der Waals surface area contributed by atoms with Gasteiger partial charge in [0.2, 0.25) is 0 Å². The number of Topliss-reactive ketones (excluding diaryl/α,β-unsaturated/α-hetero) is 1. The van der Waals surface area contributed by atoms with Crippen LogP contribution in [0.15, 0.2) is 48.5 Å². The third-order valence-corrected chi connectivity index (χ3v) is 7.06. The second kappa shape index (κ2) is 7.77. The van der Waals surface area contributed by atoms with Crippen molar-refractivity contribution in [2.45, 2.75) is 75.0 Å². The van der Waals surface area contributed by atoms with Crippen LogP contribution >= 0.6 is 0 Å². The number of carbonyl (C=O) groups is 1. The third kappa shape index (κ3) is 3.09. The zero-order chi connectivity index (χ0) is 19.6. The Morgan fingerprint density at radius 3 is 1.32 bits per heavy atom. The molecule has 0 aliphatic heterocycles. The Balaban J connectivity index is 1.89. The van der Waals surface area contributed by atoms with E-state index in [-0.39, 0.29) is 17.4 Å². The fraction of sp³-hybridized carbons (Fsp3) is 0.480. The number of rotatable bonds is 4. The Morgan fingerprint density at radius 1 is 0.607 bits per heavy atom. The highest BCUT2D eigenvalue weighted by molar-refractivity contribution is 5.99. The first-order valence-electron chi connectivity index (χ1n) is 10.7. The molecule has 0 aromatic heterocycles. The molecule has 2 aliphatic carbocycles. The van der Waals surface area contributed by atoms with Crippen LogP contribution < -0.4 is 0 Å². The first-order chi connectivity index (χ1) is 13.6. The maximum atomic E-state index is 14.9. The lowest BCUT2D eigenvalue weighted by Crippen LogP contribution is -2.51. The molecule has 3 heteroatoms. The molecular formula is C25H28F2O. The van der Waals surface area contributed by atoms with Crippen LogP contribution in [0.25, 0.3) is 0 Å². The molecule has 2 fully saturated rings. The lowest BCUT2D eigenvalue weighted by Gasteiger charge is -2.46. The van der Waals surface area contributed by atoms with Gasteiger partial charge in [0.1, 0.15) is 11.6 Å². The minimum Gasteiger partial charge on any atom is -0.298 e. The van der Waals surface area contributed by atoms with Crippen LogP contribution in [0, 0.1) is 11.6 Å². The van der Waals surface area contributed by atoms with E-state index in [1.54, 1.807) is 24.3 Å². The van der Waals surface area contributed by atoms with Crippen LogP contribution in [0.2, 0.25) is 0 Å². The van der Waals surface area contributed by atoms with Gasteiger partial charge < -0.3 is 0 Å². The van der Waals surface area contributed by atoms with Crippen molar-refractivity contribution in [3.05, 3.63) is 71.3 Å². The van der Waals surface area contributed by atoms with Crippen molar-refractivity contribution in [3.8, 4) is 0 Å². The monoisotopic (exact) mass is 382 g/mol. The number of halogens is 2. The summed E-state index contributed by atoms with van der Waals surface area (Å²) in [6, 6.07) is 13.4. The van der Waals surface area contributed by atoms with Gasteiger partial charge in [0.25, 0.3) is 0 Å². The highest BCUT2D eigenvalue weighted by atomic mass is 19.1. The number of carbonyl (C=O) groups excluding carboxylic acids is 1. The quantitative estimate of drug-likeness (QED) is 0.579. The van der Waals surface area contributed by atoms with Gasteiger partial charge >= 0.3 is 0 Å². The molecule has 2 saturated carbocycles. The molecule has 0 N–H and O–H groups in total. The Labute approximate surface area is 166 Å². The van der Waals surface area contributed by atoms with Gasteiger partial charge in [-0.05, 0) is 37.8 Å². The van der Waals surface area contributed by atoms with Crippen LogP contribution in [0.5, 0.6) is 0 Å². The van der Waals surface area contributed by atoms with E-state index in [2.05, 4.69) is 0 Å². The molecule has 2 aliphatic rings. The fourth-order valence-corrected chi connectivity index (χ4v) is 5.70. The number of hydrogen-bond donors (Lipinski definition) is 0. The first-order valence-corrected chi connectivity index (χ1v) is 10.7. The molecule has 0 saturated heterocycles. The summed E-state index contributed by atoms with van der Waals surface area (Å²) < 4.78 is 29.9. The van der Waals surface area contributed by atoms with Crippen LogP contribution in [-0.4, -0.2) is 5.78 Å². The molecule has 2 aromatic carbocycles. The summed E-state index contributed by atoms with van der Waals surface area (Å²) in [4.78, 5) is 14.4. The standard InChI is InChI=1S/C25H28F2O/c26-21-13-5-3-11-19(21)24(15-7-1-8-16-24)23(28)25(17-9-2-10-18-25)20-12-4-6-14-22(20)27/h3-6,11-14H,1-2,7-10,15-18H2. The van der Waals surface area contributed by atoms with E-state index in [1.165, 1.54) is 12.1 Å². The maximum Gasteiger partial charge on any atom is 0.154 e. The fourth-order valence-electron chi connectivity index (χ4n) is 5.70. The van der Waals surface area contributed by atoms with E-state index in [0.29, 0.717) is 36.8 Å². The molecule has 0 unspecified atom stereocenters. The molecular weight excluding hydrogens is 354 g/mol. The van der Waals surface area contributed by atoms with Crippen LogP contribution in [-0.2, 0) is 15.6 Å². The van der Waals surface area contributed by atoms with Crippen molar-refractivity contribution in [2.24, 2.45) is 0 Å². The molecule has 28 heavy (non-hydrogen) atoms. The van der Waals surface area contributed by atoms with Crippen LogP contribution in [0.4, 0.5) is 8.78 Å². The number of ketones is 1. The second-order valence-electron chi connectivity index (χ2n) is 8.57. The Hall–Kier alpha value is -2.03.